The van der Waals surface area contributed by atoms with Crippen LogP contribution >= 0.6 is 11.6 Å². The third kappa shape index (κ3) is 4.44. The molecule has 5 nitrogen and oxygen atoms in total. The van der Waals surface area contributed by atoms with Crippen LogP contribution < -0.4 is 10.0 Å². The maximum atomic E-state index is 12.5. The van der Waals surface area contributed by atoms with Gasteiger partial charge >= 0.3 is 0 Å². The molecule has 0 fully saturated rings. The first-order valence-electron chi connectivity index (χ1n) is 8.52. The van der Waals surface area contributed by atoms with Gasteiger partial charge in [0.25, 0.3) is 0 Å². The van der Waals surface area contributed by atoms with E-state index in [1.54, 1.807) is 30.3 Å². The number of anilines is 1. The van der Waals surface area contributed by atoms with E-state index in [9.17, 15) is 13.2 Å². The lowest BCUT2D eigenvalue weighted by molar-refractivity contribution is -0.115. The second kappa shape index (κ2) is 7.78. The van der Waals surface area contributed by atoms with Gasteiger partial charge in [0.1, 0.15) is 0 Å². The molecule has 1 aliphatic rings. The van der Waals surface area contributed by atoms with Crippen molar-refractivity contribution < 1.29 is 13.2 Å². The maximum Gasteiger partial charge on any atom is 0.241 e. The third-order valence-electron chi connectivity index (χ3n) is 4.51. The van der Waals surface area contributed by atoms with Crippen LogP contribution in [0.4, 0.5) is 5.69 Å². The summed E-state index contributed by atoms with van der Waals surface area (Å²) in [5, 5.41) is 3.17. The van der Waals surface area contributed by atoms with Crippen molar-refractivity contribution in [2.75, 3.05) is 11.9 Å². The van der Waals surface area contributed by atoms with Crippen molar-refractivity contribution in [3.05, 3.63) is 58.1 Å². The molecular formula is C19H21ClN2O3S. The monoisotopic (exact) mass is 392 g/mol. The van der Waals surface area contributed by atoms with Crippen molar-refractivity contribution >= 4 is 33.2 Å². The zero-order valence-electron chi connectivity index (χ0n) is 14.5. The highest BCUT2D eigenvalue weighted by Gasteiger charge is 2.18. The molecule has 0 atom stereocenters. The van der Waals surface area contributed by atoms with Crippen molar-refractivity contribution in [3.63, 3.8) is 0 Å². The number of halogens is 1. The van der Waals surface area contributed by atoms with Crippen molar-refractivity contribution in [2.45, 2.75) is 37.5 Å². The Morgan fingerprint density at radius 3 is 2.54 bits per heavy atom. The van der Waals surface area contributed by atoms with Gasteiger partial charge in [0.15, 0.2) is 0 Å². The SMILES string of the molecule is Cc1ccc(NC(=O)CNS(=O)(=O)c2ccc3c(c2)CCCC3)cc1Cl. The topological polar surface area (TPSA) is 75.3 Å². The maximum absolute atomic E-state index is 12.5. The van der Waals surface area contributed by atoms with E-state index in [4.69, 9.17) is 11.6 Å². The number of amides is 1. The largest absolute Gasteiger partial charge is 0.325 e. The fourth-order valence-corrected chi connectivity index (χ4v) is 4.21. The van der Waals surface area contributed by atoms with E-state index in [0.717, 1.165) is 36.8 Å². The average Bonchev–Trinajstić information content (AvgIpc) is 2.63. The van der Waals surface area contributed by atoms with Gasteiger partial charge in [0, 0.05) is 10.7 Å². The van der Waals surface area contributed by atoms with E-state index in [1.165, 1.54) is 5.56 Å². The van der Waals surface area contributed by atoms with Crippen LogP contribution in [0.15, 0.2) is 41.3 Å². The van der Waals surface area contributed by atoms with Crippen LogP contribution in [0.3, 0.4) is 0 Å². The fraction of sp³-hybridized carbons (Fsp3) is 0.316. The molecule has 1 amide bonds. The molecule has 138 valence electrons. The Morgan fingerprint density at radius 1 is 1.08 bits per heavy atom. The van der Waals surface area contributed by atoms with Gasteiger partial charge < -0.3 is 5.32 Å². The molecule has 0 unspecified atom stereocenters. The highest BCUT2D eigenvalue weighted by molar-refractivity contribution is 7.89. The number of hydrogen-bond acceptors (Lipinski definition) is 3. The molecule has 1 aliphatic carbocycles. The molecule has 2 aromatic rings. The minimum Gasteiger partial charge on any atom is -0.325 e. The number of benzene rings is 2. The Kier molecular flexibility index (Phi) is 5.65. The normalized spacial score (nSPS) is 13.9. The van der Waals surface area contributed by atoms with Gasteiger partial charge in [-0.05, 0) is 73.6 Å². The molecule has 0 aliphatic heterocycles. The Labute approximate surface area is 158 Å². The Morgan fingerprint density at radius 2 is 1.81 bits per heavy atom. The van der Waals surface area contributed by atoms with E-state index in [1.807, 2.05) is 13.0 Å². The zero-order valence-corrected chi connectivity index (χ0v) is 16.1. The number of aryl methyl sites for hydroxylation is 3. The van der Waals surface area contributed by atoms with E-state index >= 15 is 0 Å². The molecule has 0 aromatic heterocycles. The number of sulfonamides is 1. The van der Waals surface area contributed by atoms with Gasteiger partial charge in [-0.3, -0.25) is 4.79 Å². The van der Waals surface area contributed by atoms with E-state index in [-0.39, 0.29) is 11.4 Å². The van der Waals surface area contributed by atoms with Crippen LogP contribution in [-0.4, -0.2) is 20.9 Å². The number of fused-ring (bicyclic) bond motifs is 1. The van der Waals surface area contributed by atoms with Crippen LogP contribution in [0.25, 0.3) is 0 Å². The standard InChI is InChI=1S/C19H21ClN2O3S/c1-13-6-8-16(11-18(13)20)22-19(23)12-21-26(24,25)17-9-7-14-4-2-3-5-15(14)10-17/h6-11,21H,2-5,12H2,1H3,(H,22,23). The first-order chi connectivity index (χ1) is 12.3. The van der Waals surface area contributed by atoms with Gasteiger partial charge in [-0.15, -0.1) is 0 Å². The van der Waals surface area contributed by atoms with Crippen LogP contribution in [0.5, 0.6) is 0 Å². The van der Waals surface area contributed by atoms with Gasteiger partial charge in [0.2, 0.25) is 15.9 Å². The summed E-state index contributed by atoms with van der Waals surface area (Å²) < 4.78 is 27.3. The summed E-state index contributed by atoms with van der Waals surface area (Å²) in [6.07, 6.45) is 4.10. The number of rotatable bonds is 5. The molecule has 3 rings (SSSR count). The summed E-state index contributed by atoms with van der Waals surface area (Å²) in [6, 6.07) is 10.3. The smallest absolute Gasteiger partial charge is 0.241 e. The fourth-order valence-electron chi connectivity index (χ4n) is 3.00. The van der Waals surface area contributed by atoms with Gasteiger partial charge in [-0.25, -0.2) is 13.1 Å². The summed E-state index contributed by atoms with van der Waals surface area (Å²) in [5.74, 6) is -0.452. The molecule has 0 bridgehead atoms. The van der Waals surface area contributed by atoms with Crippen molar-refractivity contribution in [1.82, 2.24) is 4.72 Å². The third-order valence-corrected chi connectivity index (χ3v) is 6.31. The molecule has 7 heteroatoms. The van der Waals surface area contributed by atoms with Crippen LogP contribution in [0.1, 0.15) is 29.5 Å². The Hall–Kier alpha value is -1.89. The molecule has 0 radical (unpaired) electrons. The minimum atomic E-state index is -3.73. The van der Waals surface area contributed by atoms with E-state index in [0.29, 0.717) is 10.7 Å². The molecular weight excluding hydrogens is 372 g/mol. The van der Waals surface area contributed by atoms with Crippen LogP contribution in [0, 0.1) is 6.92 Å². The number of nitrogens with one attached hydrogen (secondary N) is 2. The highest BCUT2D eigenvalue weighted by Crippen LogP contribution is 2.24. The number of hydrogen-bond donors (Lipinski definition) is 2. The highest BCUT2D eigenvalue weighted by atomic mass is 35.5. The minimum absolute atomic E-state index is 0.198. The van der Waals surface area contributed by atoms with Crippen LogP contribution in [0.2, 0.25) is 5.02 Å². The lowest BCUT2D eigenvalue weighted by Crippen LogP contribution is -2.33. The summed E-state index contributed by atoms with van der Waals surface area (Å²) in [7, 11) is -3.73. The second-order valence-corrected chi connectivity index (χ2v) is 8.65. The van der Waals surface area contributed by atoms with Gasteiger partial charge in [-0.2, -0.15) is 0 Å². The molecule has 0 saturated heterocycles. The van der Waals surface area contributed by atoms with Crippen molar-refractivity contribution in [3.8, 4) is 0 Å². The van der Waals surface area contributed by atoms with Gasteiger partial charge in [-0.1, -0.05) is 23.7 Å². The van der Waals surface area contributed by atoms with Gasteiger partial charge in [0.05, 0.1) is 11.4 Å². The summed E-state index contributed by atoms with van der Waals surface area (Å²) >= 11 is 6.02. The molecule has 0 saturated carbocycles. The van der Waals surface area contributed by atoms with E-state index < -0.39 is 15.9 Å². The molecule has 2 aromatic carbocycles. The molecule has 0 heterocycles. The Bertz CT molecular complexity index is 942. The average molecular weight is 393 g/mol. The zero-order chi connectivity index (χ0) is 18.7. The number of carbonyl (C=O) groups is 1. The molecule has 0 spiro atoms. The quantitative estimate of drug-likeness (QED) is 0.818. The molecule has 26 heavy (non-hydrogen) atoms. The van der Waals surface area contributed by atoms with Crippen molar-refractivity contribution in [1.29, 1.82) is 0 Å². The second-order valence-electron chi connectivity index (χ2n) is 6.47. The van der Waals surface area contributed by atoms with Crippen LogP contribution in [-0.2, 0) is 27.7 Å². The summed E-state index contributed by atoms with van der Waals surface area (Å²) in [5.41, 5.74) is 3.72. The van der Waals surface area contributed by atoms with E-state index in [2.05, 4.69) is 10.0 Å². The number of carbonyl (C=O) groups excluding carboxylic acids is 1. The summed E-state index contributed by atoms with van der Waals surface area (Å²) in [6.45, 7) is 1.52. The lowest BCUT2D eigenvalue weighted by Gasteiger charge is -2.16. The molecule has 2 N–H and O–H groups in total. The lowest BCUT2D eigenvalue weighted by atomic mass is 9.92. The first kappa shape index (κ1) is 18.9. The predicted octanol–water partition coefficient (Wildman–Crippen LogP) is 3.44. The van der Waals surface area contributed by atoms with Crippen molar-refractivity contribution in [2.24, 2.45) is 0 Å². The summed E-state index contributed by atoms with van der Waals surface area (Å²) in [4.78, 5) is 12.2. The predicted molar refractivity (Wildman–Crippen MR) is 103 cm³/mol. The Balaban J connectivity index is 1.64. The first-order valence-corrected chi connectivity index (χ1v) is 10.4.